The van der Waals surface area contributed by atoms with Crippen LogP contribution in [0.5, 0.6) is 0 Å². The summed E-state index contributed by atoms with van der Waals surface area (Å²) in [6.45, 7) is 2.28. The van der Waals surface area contributed by atoms with Gasteiger partial charge in [0.1, 0.15) is 0 Å². The van der Waals surface area contributed by atoms with E-state index in [1.165, 1.54) is 4.52 Å². The van der Waals surface area contributed by atoms with Gasteiger partial charge >= 0.3 is 0 Å². The average molecular weight is 271 g/mol. The van der Waals surface area contributed by atoms with Crippen molar-refractivity contribution < 1.29 is 0 Å². The van der Waals surface area contributed by atoms with Gasteiger partial charge in [-0.2, -0.15) is 0 Å². The van der Waals surface area contributed by atoms with E-state index < -0.39 is 0 Å². The Morgan fingerprint density at radius 3 is 3.07 bits per heavy atom. The predicted octanol–water partition coefficient (Wildman–Crippen LogP) is 0.595. The number of rotatable bonds is 2. The lowest BCUT2D eigenvalue weighted by Crippen LogP contribution is -2.23. The molecule has 0 unspecified atom stereocenters. The van der Waals surface area contributed by atoms with Crippen molar-refractivity contribution in [1.29, 1.82) is 0 Å². The largest absolute Gasteiger partial charge is 0.330 e. The molecule has 6 heteroatoms. The Hall–Kier alpha value is -1.14. The lowest BCUT2D eigenvalue weighted by molar-refractivity contribution is 0.833. The molecule has 2 rings (SSSR count). The minimum Gasteiger partial charge on any atom is -0.330 e. The summed E-state index contributed by atoms with van der Waals surface area (Å²) in [4.78, 5) is 16.3. The number of halogens is 1. The van der Waals surface area contributed by atoms with Crippen LogP contribution in [0.1, 0.15) is 11.3 Å². The summed E-state index contributed by atoms with van der Waals surface area (Å²) in [5.74, 6) is 0. The summed E-state index contributed by atoms with van der Waals surface area (Å²) in [6.07, 6.45) is 2.24. The van der Waals surface area contributed by atoms with Crippen molar-refractivity contribution >= 4 is 21.6 Å². The van der Waals surface area contributed by atoms with Crippen LogP contribution in [0.4, 0.5) is 0 Å². The summed E-state index contributed by atoms with van der Waals surface area (Å²) >= 11 is 3.32. The van der Waals surface area contributed by atoms with Crippen molar-refractivity contribution in [2.45, 2.75) is 13.3 Å². The highest BCUT2D eigenvalue weighted by molar-refractivity contribution is 9.10. The minimum atomic E-state index is -0.0753. The van der Waals surface area contributed by atoms with Gasteiger partial charge in [-0.05, 0) is 35.8 Å². The molecule has 0 fully saturated rings. The molecular formula is C9H11BrN4O. The van der Waals surface area contributed by atoms with E-state index in [1.54, 1.807) is 6.20 Å². The fourth-order valence-corrected chi connectivity index (χ4v) is 1.93. The van der Waals surface area contributed by atoms with Crippen molar-refractivity contribution in [1.82, 2.24) is 14.6 Å². The molecule has 5 nitrogen and oxygen atoms in total. The zero-order chi connectivity index (χ0) is 11.0. The smallest absolute Gasteiger partial charge is 0.276 e. The number of aryl methyl sites for hydroxylation is 1. The number of fused-ring (bicyclic) bond motifs is 1. The van der Waals surface area contributed by atoms with Crippen LogP contribution in [-0.2, 0) is 6.42 Å². The fraction of sp³-hybridized carbons (Fsp3) is 0.333. The Bertz CT molecular complexity index is 557. The standard InChI is InChI=1S/C9H11BrN4O/c1-5-6(2-3-11)9(15)14-8(13-5)7(10)4-12-14/h4,12H,2-3,11H2,1H3. The minimum absolute atomic E-state index is 0.0753. The monoisotopic (exact) mass is 270 g/mol. The van der Waals surface area contributed by atoms with Gasteiger partial charge in [0, 0.05) is 17.5 Å². The van der Waals surface area contributed by atoms with Crippen molar-refractivity contribution in [2.24, 2.45) is 5.73 Å². The molecule has 0 aromatic carbocycles. The maximum atomic E-state index is 12.0. The third-order valence-corrected chi connectivity index (χ3v) is 2.90. The summed E-state index contributed by atoms with van der Waals surface area (Å²) < 4.78 is 2.20. The number of hydrogen-bond acceptors (Lipinski definition) is 3. The molecule has 0 aliphatic rings. The second kappa shape index (κ2) is 3.79. The maximum absolute atomic E-state index is 12.0. The van der Waals surface area contributed by atoms with Crippen LogP contribution in [0, 0.1) is 6.92 Å². The van der Waals surface area contributed by atoms with Gasteiger partial charge in [-0.3, -0.25) is 9.89 Å². The van der Waals surface area contributed by atoms with Crippen molar-refractivity contribution in [3.05, 3.63) is 32.3 Å². The maximum Gasteiger partial charge on any atom is 0.276 e. The number of hydrogen-bond donors (Lipinski definition) is 2. The normalized spacial score (nSPS) is 11.1. The number of aromatic amines is 1. The molecular weight excluding hydrogens is 260 g/mol. The van der Waals surface area contributed by atoms with Crippen molar-refractivity contribution in [2.75, 3.05) is 6.54 Å². The quantitative estimate of drug-likeness (QED) is 0.839. The summed E-state index contributed by atoms with van der Waals surface area (Å²) in [7, 11) is 0. The molecule has 3 N–H and O–H groups in total. The lowest BCUT2D eigenvalue weighted by atomic mass is 10.2. The first-order valence-corrected chi connectivity index (χ1v) is 5.39. The molecule has 0 amide bonds. The zero-order valence-electron chi connectivity index (χ0n) is 8.25. The molecule has 15 heavy (non-hydrogen) atoms. The summed E-state index contributed by atoms with van der Waals surface area (Å²) in [5.41, 5.74) is 7.40. The Morgan fingerprint density at radius 1 is 1.67 bits per heavy atom. The van der Waals surface area contributed by atoms with Crippen LogP contribution < -0.4 is 11.3 Å². The van der Waals surface area contributed by atoms with Gasteiger partial charge in [0.25, 0.3) is 5.56 Å². The highest BCUT2D eigenvalue weighted by atomic mass is 79.9. The number of aromatic nitrogens is 3. The predicted molar refractivity (Wildman–Crippen MR) is 61.0 cm³/mol. The van der Waals surface area contributed by atoms with Crippen LogP contribution in [0.15, 0.2) is 15.5 Å². The van der Waals surface area contributed by atoms with E-state index in [9.17, 15) is 4.79 Å². The molecule has 2 heterocycles. The third kappa shape index (κ3) is 1.59. The highest BCUT2D eigenvalue weighted by Crippen LogP contribution is 2.14. The Kier molecular flexibility index (Phi) is 2.62. The Labute approximate surface area is 94.4 Å². The molecule has 0 bridgehead atoms. The van der Waals surface area contributed by atoms with Crippen LogP contribution >= 0.6 is 15.9 Å². The van der Waals surface area contributed by atoms with E-state index in [-0.39, 0.29) is 5.56 Å². The first-order chi connectivity index (χ1) is 7.15. The van der Waals surface area contributed by atoms with Crippen molar-refractivity contribution in [3.8, 4) is 0 Å². The van der Waals surface area contributed by atoms with Crippen LogP contribution in [0.3, 0.4) is 0 Å². The van der Waals surface area contributed by atoms with Crippen LogP contribution in [0.2, 0.25) is 0 Å². The zero-order valence-corrected chi connectivity index (χ0v) is 9.84. The van der Waals surface area contributed by atoms with Gasteiger partial charge < -0.3 is 5.73 Å². The second-order valence-corrected chi connectivity index (χ2v) is 4.15. The van der Waals surface area contributed by atoms with E-state index in [4.69, 9.17) is 5.73 Å². The molecule has 2 aromatic heterocycles. The molecule has 0 spiro atoms. The molecule has 2 aromatic rings. The van der Waals surface area contributed by atoms with Gasteiger partial charge in [-0.25, -0.2) is 9.50 Å². The van der Waals surface area contributed by atoms with E-state index in [1.807, 2.05) is 6.92 Å². The first-order valence-electron chi connectivity index (χ1n) is 4.60. The van der Waals surface area contributed by atoms with Gasteiger partial charge in [0.05, 0.1) is 4.47 Å². The lowest BCUT2D eigenvalue weighted by Gasteiger charge is -2.03. The van der Waals surface area contributed by atoms with Gasteiger partial charge in [0.15, 0.2) is 5.65 Å². The van der Waals surface area contributed by atoms with Crippen LogP contribution in [-0.4, -0.2) is 21.1 Å². The van der Waals surface area contributed by atoms with Crippen molar-refractivity contribution in [3.63, 3.8) is 0 Å². The number of nitrogens with two attached hydrogens (primary N) is 1. The first kappa shape index (κ1) is 10.4. The Morgan fingerprint density at radius 2 is 2.40 bits per heavy atom. The molecule has 0 saturated heterocycles. The molecule has 80 valence electrons. The molecule has 0 atom stereocenters. The van der Waals surface area contributed by atoms with Gasteiger partial charge in [0.2, 0.25) is 0 Å². The molecule has 0 radical (unpaired) electrons. The summed E-state index contributed by atoms with van der Waals surface area (Å²) in [5, 5.41) is 2.84. The molecule has 0 saturated carbocycles. The number of nitrogens with one attached hydrogen (secondary N) is 1. The Balaban J connectivity index is 2.79. The van der Waals surface area contributed by atoms with E-state index in [0.717, 1.165) is 10.2 Å². The summed E-state index contributed by atoms with van der Waals surface area (Å²) in [6, 6.07) is 0. The third-order valence-electron chi connectivity index (χ3n) is 2.31. The number of nitrogens with zero attached hydrogens (tertiary/aromatic N) is 2. The van der Waals surface area contributed by atoms with Crippen LogP contribution in [0.25, 0.3) is 5.65 Å². The molecule has 0 aliphatic heterocycles. The topological polar surface area (TPSA) is 76.2 Å². The highest BCUT2D eigenvalue weighted by Gasteiger charge is 2.11. The van der Waals surface area contributed by atoms with E-state index >= 15 is 0 Å². The van der Waals surface area contributed by atoms with E-state index in [0.29, 0.717) is 24.2 Å². The average Bonchev–Trinajstić information content (AvgIpc) is 2.55. The number of H-pyrrole nitrogens is 1. The second-order valence-electron chi connectivity index (χ2n) is 3.30. The van der Waals surface area contributed by atoms with Gasteiger partial charge in [-0.1, -0.05) is 0 Å². The SMILES string of the molecule is Cc1nc2c(Br)c[nH]n2c(=O)c1CCN. The van der Waals surface area contributed by atoms with E-state index in [2.05, 4.69) is 26.0 Å². The molecule has 0 aliphatic carbocycles. The fourth-order valence-electron chi connectivity index (χ4n) is 1.56. The van der Waals surface area contributed by atoms with Gasteiger partial charge in [-0.15, -0.1) is 0 Å².